The van der Waals surface area contributed by atoms with Crippen LogP contribution < -0.4 is 5.73 Å². The molecule has 0 bridgehead atoms. The predicted octanol–water partition coefficient (Wildman–Crippen LogP) is 1.23. The van der Waals surface area contributed by atoms with Crippen LogP contribution in [0, 0.1) is 5.41 Å². The van der Waals surface area contributed by atoms with Crippen molar-refractivity contribution in [1.82, 2.24) is 0 Å². The first-order valence-corrected chi connectivity index (χ1v) is 6.17. The molecule has 0 radical (unpaired) electrons. The Morgan fingerprint density at radius 3 is 2.88 bits per heavy atom. The minimum absolute atomic E-state index is 0.0514. The Kier molecular flexibility index (Phi) is 3.50. The average Bonchev–Trinajstić information content (AvgIpc) is 2.87. The molecular formula is C12H21NO3. The molecule has 92 valence electrons. The molecule has 0 spiro atoms. The van der Waals surface area contributed by atoms with E-state index in [1.54, 1.807) is 0 Å². The van der Waals surface area contributed by atoms with Crippen molar-refractivity contribution in [3.63, 3.8) is 0 Å². The van der Waals surface area contributed by atoms with Gasteiger partial charge in [0.05, 0.1) is 11.5 Å². The van der Waals surface area contributed by atoms with Crippen molar-refractivity contribution in [2.75, 3.05) is 13.2 Å². The van der Waals surface area contributed by atoms with Crippen molar-refractivity contribution >= 4 is 5.97 Å². The van der Waals surface area contributed by atoms with E-state index in [0.29, 0.717) is 6.61 Å². The first-order chi connectivity index (χ1) is 7.63. The molecule has 0 amide bonds. The molecule has 4 heteroatoms. The van der Waals surface area contributed by atoms with Crippen LogP contribution in [0.1, 0.15) is 39.0 Å². The molecule has 0 aromatic rings. The van der Waals surface area contributed by atoms with Crippen molar-refractivity contribution in [2.24, 2.45) is 11.1 Å². The van der Waals surface area contributed by atoms with E-state index in [0.717, 1.165) is 38.7 Å². The number of carbonyl (C=O) groups is 1. The van der Waals surface area contributed by atoms with Crippen molar-refractivity contribution in [2.45, 2.75) is 51.2 Å². The maximum absolute atomic E-state index is 12.0. The Morgan fingerprint density at radius 1 is 1.50 bits per heavy atom. The zero-order valence-electron chi connectivity index (χ0n) is 9.91. The zero-order valence-corrected chi connectivity index (χ0v) is 9.91. The van der Waals surface area contributed by atoms with Gasteiger partial charge >= 0.3 is 5.97 Å². The summed E-state index contributed by atoms with van der Waals surface area (Å²) in [7, 11) is 0. The second kappa shape index (κ2) is 4.72. The summed E-state index contributed by atoms with van der Waals surface area (Å²) in [5, 5.41) is 0. The Bertz CT molecular complexity index is 263. The minimum Gasteiger partial charge on any atom is -0.462 e. The van der Waals surface area contributed by atoms with Crippen LogP contribution in [0.2, 0.25) is 0 Å². The number of nitrogens with two attached hydrogens (primary N) is 1. The summed E-state index contributed by atoms with van der Waals surface area (Å²) in [6.07, 6.45) is 4.95. The van der Waals surface area contributed by atoms with Gasteiger partial charge in [0.2, 0.25) is 0 Å². The van der Waals surface area contributed by atoms with Crippen LogP contribution >= 0.6 is 0 Å². The number of hydrogen-bond donors (Lipinski definition) is 1. The molecule has 4 nitrogen and oxygen atoms in total. The molecule has 1 aliphatic heterocycles. The van der Waals surface area contributed by atoms with E-state index >= 15 is 0 Å². The molecule has 3 atom stereocenters. The fourth-order valence-corrected chi connectivity index (χ4v) is 2.56. The highest BCUT2D eigenvalue weighted by atomic mass is 16.6. The van der Waals surface area contributed by atoms with E-state index in [2.05, 4.69) is 0 Å². The maximum atomic E-state index is 12.0. The second-order valence-electron chi connectivity index (χ2n) is 5.15. The predicted molar refractivity (Wildman–Crippen MR) is 59.9 cm³/mol. The Morgan fingerprint density at radius 2 is 2.31 bits per heavy atom. The lowest BCUT2D eigenvalue weighted by atomic mass is 9.85. The van der Waals surface area contributed by atoms with Gasteiger partial charge in [-0.3, -0.25) is 4.79 Å². The van der Waals surface area contributed by atoms with E-state index < -0.39 is 5.41 Å². The van der Waals surface area contributed by atoms with Gasteiger partial charge in [-0.25, -0.2) is 0 Å². The van der Waals surface area contributed by atoms with Gasteiger partial charge in [-0.2, -0.15) is 0 Å². The van der Waals surface area contributed by atoms with Gasteiger partial charge in [-0.1, -0.05) is 6.42 Å². The SMILES string of the molecule is CC1(C(=O)OCC2CCCO2)CCCC1N. The fourth-order valence-electron chi connectivity index (χ4n) is 2.56. The molecule has 1 heterocycles. The monoisotopic (exact) mass is 227 g/mol. The number of ether oxygens (including phenoxy) is 2. The summed E-state index contributed by atoms with van der Waals surface area (Å²) in [4.78, 5) is 12.0. The van der Waals surface area contributed by atoms with Crippen LogP contribution in [0.25, 0.3) is 0 Å². The van der Waals surface area contributed by atoms with E-state index in [1.165, 1.54) is 0 Å². The van der Waals surface area contributed by atoms with Crippen LogP contribution in [-0.4, -0.2) is 31.3 Å². The van der Waals surface area contributed by atoms with Gasteiger partial charge in [-0.15, -0.1) is 0 Å². The largest absolute Gasteiger partial charge is 0.462 e. The third-order valence-electron chi connectivity index (χ3n) is 3.92. The van der Waals surface area contributed by atoms with Gasteiger partial charge < -0.3 is 15.2 Å². The number of hydrogen-bond acceptors (Lipinski definition) is 4. The molecule has 0 aromatic carbocycles. The normalized spacial score (nSPS) is 38.9. The number of rotatable bonds is 3. The highest BCUT2D eigenvalue weighted by molar-refractivity contribution is 5.77. The minimum atomic E-state index is -0.474. The molecule has 1 saturated heterocycles. The highest BCUT2D eigenvalue weighted by Crippen LogP contribution is 2.37. The van der Waals surface area contributed by atoms with Crippen molar-refractivity contribution in [3.8, 4) is 0 Å². The lowest BCUT2D eigenvalue weighted by Gasteiger charge is -2.26. The van der Waals surface area contributed by atoms with E-state index in [1.807, 2.05) is 6.92 Å². The average molecular weight is 227 g/mol. The third-order valence-corrected chi connectivity index (χ3v) is 3.92. The summed E-state index contributed by atoms with van der Waals surface area (Å²) in [6, 6.07) is -0.0514. The second-order valence-corrected chi connectivity index (χ2v) is 5.15. The number of esters is 1. The summed E-state index contributed by atoms with van der Waals surface area (Å²) >= 11 is 0. The van der Waals surface area contributed by atoms with Crippen molar-refractivity contribution < 1.29 is 14.3 Å². The van der Waals surface area contributed by atoms with Gasteiger partial charge in [-0.05, 0) is 32.6 Å². The van der Waals surface area contributed by atoms with Gasteiger partial charge in [0, 0.05) is 12.6 Å². The fraction of sp³-hybridized carbons (Fsp3) is 0.917. The Hall–Kier alpha value is -0.610. The van der Waals surface area contributed by atoms with Gasteiger partial charge in [0.15, 0.2) is 0 Å². The van der Waals surface area contributed by atoms with Crippen molar-refractivity contribution in [3.05, 3.63) is 0 Å². The standard InChI is InChI=1S/C12H21NO3/c1-12(6-2-5-10(12)13)11(14)16-8-9-4-3-7-15-9/h9-10H,2-8,13H2,1H3. The summed E-state index contributed by atoms with van der Waals surface area (Å²) in [6.45, 7) is 3.10. The van der Waals surface area contributed by atoms with E-state index in [4.69, 9.17) is 15.2 Å². The smallest absolute Gasteiger partial charge is 0.313 e. The molecule has 16 heavy (non-hydrogen) atoms. The molecule has 1 aliphatic carbocycles. The zero-order chi connectivity index (χ0) is 11.6. The highest BCUT2D eigenvalue weighted by Gasteiger charge is 2.44. The van der Waals surface area contributed by atoms with Crippen LogP contribution in [0.5, 0.6) is 0 Å². The van der Waals surface area contributed by atoms with Crippen LogP contribution in [-0.2, 0) is 14.3 Å². The number of carbonyl (C=O) groups excluding carboxylic acids is 1. The van der Waals surface area contributed by atoms with E-state index in [-0.39, 0.29) is 18.1 Å². The molecule has 2 fully saturated rings. The third kappa shape index (κ3) is 2.23. The van der Waals surface area contributed by atoms with Crippen molar-refractivity contribution in [1.29, 1.82) is 0 Å². The van der Waals surface area contributed by atoms with Gasteiger partial charge in [0.1, 0.15) is 6.61 Å². The van der Waals surface area contributed by atoms with Gasteiger partial charge in [0.25, 0.3) is 0 Å². The molecule has 1 saturated carbocycles. The Labute approximate surface area is 96.5 Å². The topological polar surface area (TPSA) is 61.5 Å². The maximum Gasteiger partial charge on any atom is 0.313 e. The molecule has 2 N–H and O–H groups in total. The molecule has 3 unspecified atom stereocenters. The first kappa shape index (κ1) is 11.9. The van der Waals surface area contributed by atoms with Crippen LogP contribution in [0.4, 0.5) is 0 Å². The molecule has 2 aliphatic rings. The lowest BCUT2D eigenvalue weighted by Crippen LogP contribution is -2.42. The Balaban J connectivity index is 1.82. The molecular weight excluding hydrogens is 206 g/mol. The quantitative estimate of drug-likeness (QED) is 0.736. The summed E-state index contributed by atoms with van der Waals surface area (Å²) in [5.41, 5.74) is 5.49. The summed E-state index contributed by atoms with van der Waals surface area (Å²) in [5.74, 6) is -0.145. The van der Waals surface area contributed by atoms with Crippen LogP contribution in [0.15, 0.2) is 0 Å². The van der Waals surface area contributed by atoms with E-state index in [9.17, 15) is 4.79 Å². The first-order valence-electron chi connectivity index (χ1n) is 6.17. The lowest BCUT2D eigenvalue weighted by molar-refractivity contribution is -0.158. The molecule has 2 rings (SSSR count). The summed E-state index contributed by atoms with van der Waals surface area (Å²) < 4.78 is 10.8. The molecule has 0 aromatic heterocycles. The van der Waals surface area contributed by atoms with Crippen LogP contribution in [0.3, 0.4) is 0 Å².